The Bertz CT molecular complexity index is 513. The average molecular weight is 259 g/mol. The molecule has 2 fully saturated rings. The molecule has 2 bridgehead atoms. The molecule has 0 aromatic heterocycles. The van der Waals surface area contributed by atoms with Crippen molar-refractivity contribution in [3.05, 3.63) is 35.9 Å². The molecular weight excluding hydrogens is 242 g/mol. The summed E-state index contributed by atoms with van der Waals surface area (Å²) in [6.07, 6.45) is 2.12. The fraction of sp³-hybridized carbons (Fsp3) is 0.467. The van der Waals surface area contributed by atoms with Crippen molar-refractivity contribution in [2.24, 2.45) is 0 Å². The van der Waals surface area contributed by atoms with Gasteiger partial charge in [-0.15, -0.1) is 0 Å². The second kappa shape index (κ2) is 4.37. The minimum absolute atomic E-state index is 0.109. The number of ketones is 1. The third kappa shape index (κ3) is 2.01. The Labute approximate surface area is 112 Å². The first-order chi connectivity index (χ1) is 9.11. The Balaban J connectivity index is 1.94. The van der Waals surface area contributed by atoms with Crippen LogP contribution < -0.4 is 0 Å². The van der Waals surface area contributed by atoms with E-state index in [0.29, 0.717) is 19.3 Å². The molecule has 2 aliphatic rings. The number of hydrogen-bond acceptors (Lipinski definition) is 2. The lowest BCUT2D eigenvalue weighted by Gasteiger charge is -2.42. The van der Waals surface area contributed by atoms with Gasteiger partial charge in [0.15, 0.2) is 0 Å². The number of Topliss-reactive ketones (excluding diaryl/α,β-unsaturated/α-hetero) is 1. The van der Waals surface area contributed by atoms with Gasteiger partial charge < -0.3 is 5.11 Å². The third-order valence-electron chi connectivity index (χ3n) is 4.39. The summed E-state index contributed by atoms with van der Waals surface area (Å²) in [5.41, 5.74) is 0.594. The van der Waals surface area contributed by atoms with E-state index in [1.165, 1.54) is 0 Å². The summed E-state index contributed by atoms with van der Waals surface area (Å²) in [5, 5.41) is 9.46. The predicted molar refractivity (Wildman–Crippen MR) is 70.0 cm³/mol. The molecule has 0 spiro atoms. The predicted octanol–water partition coefficient (Wildman–Crippen LogP) is 2.47. The highest BCUT2D eigenvalue weighted by atomic mass is 16.4. The van der Waals surface area contributed by atoms with E-state index in [9.17, 15) is 14.7 Å². The molecule has 2 heterocycles. The highest BCUT2D eigenvalue weighted by molar-refractivity contribution is 5.84. The number of rotatable bonds is 2. The average Bonchev–Trinajstić information content (AvgIpc) is 2.60. The quantitative estimate of drug-likeness (QED) is 0.887. The largest absolute Gasteiger partial charge is 0.465 e. The third-order valence-corrected chi connectivity index (χ3v) is 4.39. The standard InChI is InChI=1S/C15H17NO3/c17-13-8-12-6-7-15(10-13,16(12)14(18)19)9-11-4-2-1-3-5-11/h1-5,12H,6-10H2,(H,18,19). The molecule has 1 N–H and O–H groups in total. The van der Waals surface area contributed by atoms with E-state index < -0.39 is 11.6 Å². The van der Waals surface area contributed by atoms with Crippen LogP contribution >= 0.6 is 0 Å². The number of carboxylic acid groups (broad SMARTS) is 1. The number of hydrogen-bond donors (Lipinski definition) is 1. The number of benzene rings is 1. The summed E-state index contributed by atoms with van der Waals surface area (Å²) in [6.45, 7) is 0. The monoisotopic (exact) mass is 259 g/mol. The lowest BCUT2D eigenvalue weighted by atomic mass is 9.82. The van der Waals surface area contributed by atoms with Gasteiger partial charge in [0.05, 0.1) is 5.54 Å². The zero-order valence-electron chi connectivity index (χ0n) is 10.7. The van der Waals surface area contributed by atoms with Crippen LogP contribution in [0.4, 0.5) is 4.79 Å². The van der Waals surface area contributed by atoms with Gasteiger partial charge in [0.25, 0.3) is 0 Å². The second-order valence-electron chi connectivity index (χ2n) is 5.65. The van der Waals surface area contributed by atoms with Crippen LogP contribution in [0.3, 0.4) is 0 Å². The molecule has 100 valence electrons. The normalized spacial score (nSPS) is 29.6. The van der Waals surface area contributed by atoms with Gasteiger partial charge in [-0.05, 0) is 24.8 Å². The molecule has 0 radical (unpaired) electrons. The Hall–Kier alpha value is -1.84. The van der Waals surface area contributed by atoms with Crippen molar-refractivity contribution in [3.8, 4) is 0 Å². The highest BCUT2D eigenvalue weighted by Crippen LogP contribution is 2.44. The van der Waals surface area contributed by atoms with Crippen molar-refractivity contribution >= 4 is 11.9 Å². The fourth-order valence-electron chi connectivity index (χ4n) is 3.71. The summed E-state index contributed by atoms with van der Waals surface area (Å²) in [6, 6.07) is 9.74. The number of piperidine rings is 1. The van der Waals surface area contributed by atoms with Crippen molar-refractivity contribution in [3.63, 3.8) is 0 Å². The molecule has 3 rings (SSSR count). The summed E-state index contributed by atoms with van der Waals surface area (Å²) in [7, 11) is 0. The van der Waals surface area contributed by atoms with Crippen LogP contribution in [0.25, 0.3) is 0 Å². The zero-order chi connectivity index (χ0) is 13.5. The molecule has 2 saturated heterocycles. The van der Waals surface area contributed by atoms with Crippen LogP contribution in [0.5, 0.6) is 0 Å². The van der Waals surface area contributed by atoms with E-state index in [-0.39, 0.29) is 11.8 Å². The zero-order valence-corrected chi connectivity index (χ0v) is 10.7. The topological polar surface area (TPSA) is 57.6 Å². The number of fused-ring (bicyclic) bond motifs is 2. The Morgan fingerprint density at radius 1 is 1.37 bits per heavy atom. The molecule has 1 aromatic rings. The molecule has 4 nitrogen and oxygen atoms in total. The van der Waals surface area contributed by atoms with Gasteiger partial charge >= 0.3 is 6.09 Å². The van der Waals surface area contributed by atoms with Gasteiger partial charge in [0.1, 0.15) is 5.78 Å². The van der Waals surface area contributed by atoms with Crippen LogP contribution in [0, 0.1) is 0 Å². The molecule has 0 saturated carbocycles. The van der Waals surface area contributed by atoms with Crippen molar-refractivity contribution in [1.82, 2.24) is 4.90 Å². The SMILES string of the molecule is O=C1CC2CCC(Cc3ccccc3)(C1)N2C(=O)O. The molecule has 0 aliphatic carbocycles. The maximum atomic E-state index is 11.9. The van der Waals surface area contributed by atoms with E-state index in [4.69, 9.17) is 0 Å². The van der Waals surface area contributed by atoms with Gasteiger partial charge in [-0.2, -0.15) is 0 Å². The van der Waals surface area contributed by atoms with E-state index >= 15 is 0 Å². The first kappa shape index (κ1) is 12.2. The number of nitrogens with zero attached hydrogens (tertiary/aromatic N) is 1. The maximum Gasteiger partial charge on any atom is 0.408 e. The van der Waals surface area contributed by atoms with E-state index in [1.54, 1.807) is 4.90 Å². The number of amides is 1. The van der Waals surface area contributed by atoms with Crippen LogP contribution in [-0.4, -0.2) is 33.5 Å². The second-order valence-corrected chi connectivity index (χ2v) is 5.65. The van der Waals surface area contributed by atoms with Gasteiger partial charge in [-0.1, -0.05) is 30.3 Å². The maximum absolute atomic E-state index is 11.9. The minimum atomic E-state index is -0.883. The van der Waals surface area contributed by atoms with Crippen molar-refractivity contribution in [1.29, 1.82) is 0 Å². The van der Waals surface area contributed by atoms with Gasteiger partial charge in [0.2, 0.25) is 0 Å². The van der Waals surface area contributed by atoms with Crippen molar-refractivity contribution in [2.75, 3.05) is 0 Å². The van der Waals surface area contributed by atoms with Gasteiger partial charge in [0, 0.05) is 18.9 Å². The molecule has 4 heteroatoms. The molecule has 2 aliphatic heterocycles. The van der Waals surface area contributed by atoms with Crippen LogP contribution in [0.1, 0.15) is 31.2 Å². The number of carbonyl (C=O) groups excluding carboxylic acids is 1. The summed E-state index contributed by atoms with van der Waals surface area (Å²) < 4.78 is 0. The lowest BCUT2D eigenvalue weighted by molar-refractivity contribution is -0.125. The molecule has 2 unspecified atom stereocenters. The Morgan fingerprint density at radius 2 is 2.11 bits per heavy atom. The lowest BCUT2D eigenvalue weighted by Crippen LogP contribution is -2.56. The smallest absolute Gasteiger partial charge is 0.408 e. The molecule has 2 atom stereocenters. The molecular formula is C15H17NO3. The van der Waals surface area contributed by atoms with Crippen LogP contribution in [0.15, 0.2) is 30.3 Å². The minimum Gasteiger partial charge on any atom is -0.465 e. The number of carbonyl (C=O) groups is 2. The van der Waals surface area contributed by atoms with E-state index in [1.807, 2.05) is 30.3 Å². The van der Waals surface area contributed by atoms with Crippen LogP contribution in [-0.2, 0) is 11.2 Å². The van der Waals surface area contributed by atoms with Gasteiger partial charge in [-0.3, -0.25) is 9.69 Å². The van der Waals surface area contributed by atoms with Crippen molar-refractivity contribution in [2.45, 2.75) is 43.7 Å². The van der Waals surface area contributed by atoms with Gasteiger partial charge in [-0.25, -0.2) is 4.79 Å². The fourth-order valence-corrected chi connectivity index (χ4v) is 3.71. The summed E-state index contributed by atoms with van der Waals surface area (Å²) >= 11 is 0. The Morgan fingerprint density at radius 3 is 2.79 bits per heavy atom. The van der Waals surface area contributed by atoms with E-state index in [0.717, 1.165) is 18.4 Å². The van der Waals surface area contributed by atoms with Crippen LogP contribution in [0.2, 0.25) is 0 Å². The summed E-state index contributed by atoms with van der Waals surface area (Å²) in [4.78, 5) is 25.0. The Kier molecular flexibility index (Phi) is 2.81. The summed E-state index contributed by atoms with van der Waals surface area (Å²) in [5.74, 6) is 0.205. The molecule has 1 amide bonds. The first-order valence-electron chi connectivity index (χ1n) is 6.69. The van der Waals surface area contributed by atoms with Crippen molar-refractivity contribution < 1.29 is 14.7 Å². The first-order valence-corrected chi connectivity index (χ1v) is 6.69. The molecule has 1 aromatic carbocycles. The van der Waals surface area contributed by atoms with E-state index in [2.05, 4.69) is 0 Å². The molecule has 19 heavy (non-hydrogen) atoms. The highest BCUT2D eigenvalue weighted by Gasteiger charge is 2.53.